The van der Waals surface area contributed by atoms with Gasteiger partial charge in [-0.2, -0.15) is 0 Å². The smallest absolute Gasteiger partial charge is 0.264 e. The third kappa shape index (κ3) is 7.29. The number of sulfonamides is 1. The van der Waals surface area contributed by atoms with Crippen molar-refractivity contribution in [3.63, 3.8) is 0 Å². The summed E-state index contributed by atoms with van der Waals surface area (Å²) in [5.41, 5.74) is 1.45. The van der Waals surface area contributed by atoms with Crippen molar-refractivity contribution >= 4 is 50.7 Å². The number of hydrogen-bond donors (Lipinski definition) is 1. The normalized spacial score (nSPS) is 12.1. The molecule has 0 fully saturated rings. The van der Waals surface area contributed by atoms with Crippen molar-refractivity contribution in [1.29, 1.82) is 0 Å². The molecule has 0 aliphatic rings. The van der Waals surface area contributed by atoms with Crippen LogP contribution in [0.1, 0.15) is 31.4 Å². The minimum absolute atomic E-state index is 0.0193. The molecule has 0 saturated heterocycles. The lowest BCUT2D eigenvalue weighted by Gasteiger charge is -2.33. The summed E-state index contributed by atoms with van der Waals surface area (Å²) in [5.74, 6) is -1.48. The Bertz CT molecular complexity index is 1420. The van der Waals surface area contributed by atoms with Crippen molar-refractivity contribution < 1.29 is 22.4 Å². The summed E-state index contributed by atoms with van der Waals surface area (Å²) in [5, 5.41) is 2.80. The Hall–Kier alpha value is -3.14. The minimum Gasteiger partial charge on any atom is -0.355 e. The highest BCUT2D eigenvalue weighted by atomic mass is 35.5. The monoisotopic (exact) mass is 593 g/mol. The molecule has 208 valence electrons. The van der Waals surface area contributed by atoms with Crippen molar-refractivity contribution in [3.05, 3.63) is 93.7 Å². The van der Waals surface area contributed by atoms with Crippen LogP contribution in [0.2, 0.25) is 10.0 Å². The van der Waals surface area contributed by atoms with Crippen molar-refractivity contribution in [2.24, 2.45) is 0 Å². The number of carbonyl (C=O) groups excluding carboxylic acids is 2. The van der Waals surface area contributed by atoms with Gasteiger partial charge in [0.15, 0.2) is 0 Å². The summed E-state index contributed by atoms with van der Waals surface area (Å²) in [4.78, 5) is 28.1. The van der Waals surface area contributed by atoms with Crippen LogP contribution in [0, 0.1) is 12.7 Å². The van der Waals surface area contributed by atoms with Crippen LogP contribution >= 0.6 is 23.2 Å². The van der Waals surface area contributed by atoms with Crippen LogP contribution in [0.3, 0.4) is 0 Å². The lowest BCUT2D eigenvalue weighted by Crippen LogP contribution is -2.52. The summed E-state index contributed by atoms with van der Waals surface area (Å²) in [6, 6.07) is 15.3. The molecular formula is C28H30Cl2FN3O4S. The Morgan fingerprint density at radius 2 is 1.62 bits per heavy atom. The Labute approximate surface area is 238 Å². The zero-order valence-corrected chi connectivity index (χ0v) is 24.2. The van der Waals surface area contributed by atoms with Gasteiger partial charge in [0.25, 0.3) is 10.0 Å². The Kier molecular flexibility index (Phi) is 10.4. The number of halogens is 3. The van der Waals surface area contributed by atoms with E-state index in [-0.39, 0.29) is 39.5 Å². The molecule has 3 aromatic carbocycles. The summed E-state index contributed by atoms with van der Waals surface area (Å²) >= 11 is 12.6. The summed E-state index contributed by atoms with van der Waals surface area (Å²) < 4.78 is 42.2. The van der Waals surface area contributed by atoms with E-state index in [1.54, 1.807) is 26.0 Å². The van der Waals surface area contributed by atoms with Crippen molar-refractivity contribution in [2.45, 2.75) is 44.7 Å². The van der Waals surface area contributed by atoms with Gasteiger partial charge in [0.05, 0.1) is 20.6 Å². The zero-order valence-electron chi connectivity index (χ0n) is 21.8. The number of anilines is 1. The van der Waals surface area contributed by atoms with E-state index in [2.05, 4.69) is 5.32 Å². The predicted octanol–water partition coefficient (Wildman–Crippen LogP) is 5.58. The Balaban J connectivity index is 2.10. The van der Waals surface area contributed by atoms with E-state index in [1.165, 1.54) is 59.5 Å². The third-order valence-electron chi connectivity index (χ3n) is 6.09. The molecule has 0 bridgehead atoms. The molecule has 39 heavy (non-hydrogen) atoms. The molecule has 1 atom stereocenters. The molecule has 0 saturated carbocycles. The molecule has 3 rings (SSSR count). The predicted molar refractivity (Wildman–Crippen MR) is 152 cm³/mol. The molecule has 7 nitrogen and oxygen atoms in total. The number of rotatable bonds is 11. The molecule has 0 heterocycles. The summed E-state index contributed by atoms with van der Waals surface area (Å²) in [6.07, 6.45) is 0.265. The Morgan fingerprint density at radius 3 is 2.21 bits per heavy atom. The van der Waals surface area contributed by atoms with Crippen LogP contribution in [0.4, 0.5) is 10.1 Å². The molecule has 2 amide bonds. The van der Waals surface area contributed by atoms with Gasteiger partial charge >= 0.3 is 0 Å². The van der Waals surface area contributed by atoms with Gasteiger partial charge in [0.1, 0.15) is 18.4 Å². The fourth-order valence-electron chi connectivity index (χ4n) is 4.03. The average molecular weight is 595 g/mol. The lowest BCUT2D eigenvalue weighted by atomic mass is 10.1. The highest BCUT2D eigenvalue weighted by Gasteiger charge is 2.34. The number of amides is 2. The van der Waals surface area contributed by atoms with Gasteiger partial charge in [-0.25, -0.2) is 12.8 Å². The largest absolute Gasteiger partial charge is 0.355 e. The fourth-order valence-corrected chi connectivity index (χ4v) is 5.91. The minimum atomic E-state index is -4.29. The van der Waals surface area contributed by atoms with Crippen LogP contribution in [0.15, 0.2) is 71.6 Å². The first-order valence-corrected chi connectivity index (χ1v) is 14.5. The van der Waals surface area contributed by atoms with E-state index in [0.29, 0.717) is 12.1 Å². The van der Waals surface area contributed by atoms with Gasteiger partial charge in [0.2, 0.25) is 11.8 Å². The Morgan fingerprint density at radius 1 is 0.974 bits per heavy atom. The van der Waals surface area contributed by atoms with E-state index in [1.807, 2.05) is 6.92 Å². The molecule has 11 heteroatoms. The highest BCUT2D eigenvalue weighted by molar-refractivity contribution is 7.92. The molecule has 0 aromatic heterocycles. The van der Waals surface area contributed by atoms with E-state index in [4.69, 9.17) is 23.2 Å². The maximum absolute atomic E-state index is 13.9. The number of nitrogens with one attached hydrogen (secondary N) is 1. The second kappa shape index (κ2) is 13.3. The van der Waals surface area contributed by atoms with Crippen LogP contribution in [-0.2, 0) is 26.2 Å². The van der Waals surface area contributed by atoms with Crippen LogP contribution in [0.25, 0.3) is 0 Å². The summed E-state index contributed by atoms with van der Waals surface area (Å²) in [7, 11) is -4.29. The van der Waals surface area contributed by atoms with Crippen molar-refractivity contribution in [2.75, 3.05) is 17.4 Å². The zero-order chi connectivity index (χ0) is 28.7. The number of carbonyl (C=O) groups is 2. The quantitative estimate of drug-likeness (QED) is 0.314. The van der Waals surface area contributed by atoms with E-state index in [9.17, 15) is 22.4 Å². The second-order valence-electron chi connectivity index (χ2n) is 8.86. The average Bonchev–Trinajstić information content (AvgIpc) is 2.90. The van der Waals surface area contributed by atoms with Gasteiger partial charge in [0, 0.05) is 13.1 Å². The van der Waals surface area contributed by atoms with Crippen LogP contribution < -0.4 is 9.62 Å². The first kappa shape index (κ1) is 30.4. The molecule has 0 aliphatic heterocycles. The number of benzene rings is 3. The second-order valence-corrected chi connectivity index (χ2v) is 11.5. The van der Waals surface area contributed by atoms with E-state index < -0.39 is 34.3 Å². The highest BCUT2D eigenvalue weighted by Crippen LogP contribution is 2.35. The van der Waals surface area contributed by atoms with Crippen LogP contribution in [-0.4, -0.2) is 44.3 Å². The maximum Gasteiger partial charge on any atom is 0.264 e. The van der Waals surface area contributed by atoms with E-state index >= 15 is 0 Å². The van der Waals surface area contributed by atoms with Crippen LogP contribution in [0.5, 0.6) is 0 Å². The maximum atomic E-state index is 13.9. The first-order chi connectivity index (χ1) is 18.5. The topological polar surface area (TPSA) is 86.8 Å². The first-order valence-electron chi connectivity index (χ1n) is 12.3. The number of nitrogens with zero attached hydrogens (tertiary/aromatic N) is 2. The number of aryl methyl sites for hydroxylation is 1. The molecule has 1 N–H and O–H groups in total. The molecule has 0 aliphatic carbocycles. The van der Waals surface area contributed by atoms with Gasteiger partial charge in [-0.1, -0.05) is 66.0 Å². The lowest BCUT2D eigenvalue weighted by molar-refractivity contribution is -0.140. The number of likely N-dealkylation sites (N-methyl/N-ethyl adjacent to an activating group) is 1. The molecular weight excluding hydrogens is 564 g/mol. The third-order valence-corrected chi connectivity index (χ3v) is 8.67. The van der Waals surface area contributed by atoms with Gasteiger partial charge in [-0.3, -0.25) is 13.9 Å². The number of hydrogen-bond acceptors (Lipinski definition) is 4. The fraction of sp³-hybridized carbons (Fsp3) is 0.286. The standard InChI is InChI=1S/C28H30Cl2FN3O4S/c1-4-24(28(36)32-5-2)33(17-20-11-13-21(31)14-12-20)26(35)18-34(25-8-6-7-23(29)27(25)30)39(37,38)22-15-9-19(3)10-16-22/h6-16,24H,4-5,17-18H2,1-3H3,(H,32,36). The SMILES string of the molecule is CCNC(=O)C(CC)N(Cc1ccc(F)cc1)C(=O)CN(c1cccc(Cl)c1Cl)S(=O)(=O)c1ccc(C)cc1. The van der Waals surface area contributed by atoms with Gasteiger partial charge in [-0.05, 0) is 62.2 Å². The molecule has 3 aromatic rings. The van der Waals surface area contributed by atoms with Gasteiger partial charge < -0.3 is 10.2 Å². The molecule has 0 spiro atoms. The van der Waals surface area contributed by atoms with E-state index in [0.717, 1.165) is 9.87 Å². The molecule has 1 unspecified atom stereocenters. The molecule has 0 radical (unpaired) electrons. The van der Waals surface area contributed by atoms with Crippen molar-refractivity contribution in [1.82, 2.24) is 10.2 Å². The summed E-state index contributed by atoms with van der Waals surface area (Å²) in [6.45, 7) is 4.97. The van der Waals surface area contributed by atoms with Crippen molar-refractivity contribution in [3.8, 4) is 0 Å². The van der Waals surface area contributed by atoms with Gasteiger partial charge in [-0.15, -0.1) is 0 Å².